The fraction of sp³-hybridized carbons (Fsp3) is 0.480. The number of aryl methyl sites for hydroxylation is 1. The molecule has 31 heavy (non-hydrogen) atoms. The predicted octanol–water partition coefficient (Wildman–Crippen LogP) is 3.13. The minimum absolute atomic E-state index is 0.654. The molecular formula is C25H36N4O2. The summed E-state index contributed by atoms with van der Waals surface area (Å²) in [5.74, 6) is 1.78. The van der Waals surface area contributed by atoms with Gasteiger partial charge < -0.3 is 20.1 Å². The van der Waals surface area contributed by atoms with Gasteiger partial charge in [0.15, 0.2) is 5.96 Å². The van der Waals surface area contributed by atoms with Crippen LogP contribution >= 0.6 is 0 Å². The van der Waals surface area contributed by atoms with Gasteiger partial charge in [0.2, 0.25) is 0 Å². The van der Waals surface area contributed by atoms with E-state index in [-0.39, 0.29) is 0 Å². The maximum Gasteiger partial charge on any atom is 0.191 e. The zero-order chi connectivity index (χ0) is 21.9. The molecule has 0 aromatic heterocycles. The lowest BCUT2D eigenvalue weighted by atomic mass is 10.1. The minimum atomic E-state index is 0.654. The quantitative estimate of drug-likeness (QED) is 0.478. The Balaban J connectivity index is 1.51. The van der Waals surface area contributed by atoms with Crippen molar-refractivity contribution in [3.05, 3.63) is 64.7 Å². The van der Waals surface area contributed by atoms with E-state index in [4.69, 9.17) is 14.5 Å². The fourth-order valence-corrected chi connectivity index (χ4v) is 3.70. The molecule has 0 radical (unpaired) electrons. The molecule has 2 N–H and O–H groups in total. The third-order valence-corrected chi connectivity index (χ3v) is 5.42. The molecule has 2 aromatic rings. The van der Waals surface area contributed by atoms with Crippen LogP contribution in [0.1, 0.15) is 29.2 Å². The summed E-state index contributed by atoms with van der Waals surface area (Å²) >= 11 is 0. The van der Waals surface area contributed by atoms with Gasteiger partial charge in [-0.2, -0.15) is 0 Å². The van der Waals surface area contributed by atoms with Crippen molar-refractivity contribution in [3.63, 3.8) is 0 Å². The molecule has 0 saturated carbocycles. The average Bonchev–Trinajstić information content (AvgIpc) is 2.79. The number of nitrogens with one attached hydrogen (secondary N) is 2. The number of guanidine groups is 1. The van der Waals surface area contributed by atoms with Gasteiger partial charge in [-0.15, -0.1) is 0 Å². The molecular weight excluding hydrogens is 388 g/mol. The van der Waals surface area contributed by atoms with Gasteiger partial charge in [0.25, 0.3) is 0 Å². The second-order valence-electron chi connectivity index (χ2n) is 7.89. The van der Waals surface area contributed by atoms with Crippen molar-refractivity contribution in [3.8, 4) is 5.75 Å². The molecule has 0 unspecified atom stereocenters. The number of morpholine rings is 1. The molecule has 0 bridgehead atoms. The highest BCUT2D eigenvalue weighted by atomic mass is 16.5. The van der Waals surface area contributed by atoms with Gasteiger partial charge >= 0.3 is 0 Å². The van der Waals surface area contributed by atoms with E-state index < -0.39 is 0 Å². The maximum atomic E-state index is 5.49. The van der Waals surface area contributed by atoms with E-state index in [1.807, 2.05) is 6.07 Å². The predicted molar refractivity (Wildman–Crippen MR) is 127 cm³/mol. The third-order valence-electron chi connectivity index (χ3n) is 5.42. The molecule has 1 aliphatic rings. The van der Waals surface area contributed by atoms with E-state index in [1.165, 1.54) is 22.3 Å². The molecule has 0 amide bonds. The molecule has 3 rings (SSSR count). The lowest BCUT2D eigenvalue weighted by Gasteiger charge is -2.26. The minimum Gasteiger partial charge on any atom is -0.496 e. The summed E-state index contributed by atoms with van der Waals surface area (Å²) in [6, 6.07) is 15.1. The van der Waals surface area contributed by atoms with Crippen LogP contribution < -0.4 is 15.4 Å². The SMILES string of the molecule is CCNC(=NCc1ccc(CN2CCOCC2)cc1)NCCc1cc(C)ccc1OC. The highest BCUT2D eigenvalue weighted by molar-refractivity contribution is 5.79. The van der Waals surface area contributed by atoms with Crippen LogP contribution in [-0.4, -0.2) is 57.4 Å². The third kappa shape index (κ3) is 7.56. The van der Waals surface area contributed by atoms with Crippen molar-refractivity contribution in [1.29, 1.82) is 0 Å². The standard InChI is InChI=1S/C25H36N4O2/c1-4-26-25(27-12-11-23-17-20(2)5-10-24(23)30-3)28-18-21-6-8-22(9-7-21)19-29-13-15-31-16-14-29/h5-10,17H,4,11-16,18-19H2,1-3H3,(H2,26,27,28). The average molecular weight is 425 g/mol. The van der Waals surface area contributed by atoms with Crippen molar-refractivity contribution in [2.45, 2.75) is 33.4 Å². The first-order valence-corrected chi connectivity index (χ1v) is 11.2. The van der Waals surface area contributed by atoms with Crippen LogP contribution in [0.2, 0.25) is 0 Å². The molecule has 1 saturated heterocycles. The number of methoxy groups -OCH3 is 1. The molecule has 2 aromatic carbocycles. The lowest BCUT2D eigenvalue weighted by Crippen LogP contribution is -2.38. The highest BCUT2D eigenvalue weighted by Crippen LogP contribution is 2.19. The smallest absolute Gasteiger partial charge is 0.191 e. The lowest BCUT2D eigenvalue weighted by molar-refractivity contribution is 0.0342. The van der Waals surface area contributed by atoms with Crippen LogP contribution in [-0.2, 0) is 24.2 Å². The normalized spacial score (nSPS) is 15.0. The maximum absolute atomic E-state index is 5.49. The first-order valence-electron chi connectivity index (χ1n) is 11.2. The Morgan fingerprint density at radius 3 is 2.52 bits per heavy atom. The number of hydrogen-bond acceptors (Lipinski definition) is 4. The summed E-state index contributed by atoms with van der Waals surface area (Å²) in [5.41, 5.74) is 5.00. The summed E-state index contributed by atoms with van der Waals surface area (Å²) in [4.78, 5) is 7.19. The van der Waals surface area contributed by atoms with Gasteiger partial charge in [0.05, 0.1) is 26.9 Å². The number of aliphatic imine (C=N–C) groups is 1. The zero-order valence-electron chi connectivity index (χ0n) is 19.1. The Labute approximate surface area is 186 Å². The molecule has 0 aliphatic carbocycles. The van der Waals surface area contributed by atoms with Crippen molar-refractivity contribution in [1.82, 2.24) is 15.5 Å². The van der Waals surface area contributed by atoms with E-state index in [0.717, 1.165) is 64.1 Å². The van der Waals surface area contributed by atoms with Crippen LogP contribution in [0, 0.1) is 6.92 Å². The fourth-order valence-electron chi connectivity index (χ4n) is 3.70. The van der Waals surface area contributed by atoms with Crippen LogP contribution in [0.5, 0.6) is 5.75 Å². The number of hydrogen-bond donors (Lipinski definition) is 2. The molecule has 168 valence electrons. The Bertz CT molecular complexity index is 830. The second kappa shape index (κ2) is 12.3. The summed E-state index contributed by atoms with van der Waals surface area (Å²) in [7, 11) is 1.72. The monoisotopic (exact) mass is 424 g/mol. The molecule has 1 aliphatic heterocycles. The molecule has 1 heterocycles. The first kappa shape index (κ1) is 23.1. The topological polar surface area (TPSA) is 58.1 Å². The van der Waals surface area contributed by atoms with E-state index >= 15 is 0 Å². The number of rotatable bonds is 9. The van der Waals surface area contributed by atoms with Crippen molar-refractivity contribution in [2.75, 3.05) is 46.5 Å². The van der Waals surface area contributed by atoms with Crippen LogP contribution in [0.3, 0.4) is 0 Å². The Kier molecular flexibility index (Phi) is 9.18. The van der Waals surface area contributed by atoms with Gasteiger partial charge in [-0.3, -0.25) is 4.90 Å². The largest absolute Gasteiger partial charge is 0.496 e. The van der Waals surface area contributed by atoms with Gasteiger partial charge in [0, 0.05) is 32.7 Å². The Morgan fingerprint density at radius 1 is 1.06 bits per heavy atom. The van der Waals surface area contributed by atoms with Gasteiger partial charge in [0.1, 0.15) is 5.75 Å². The second-order valence-corrected chi connectivity index (χ2v) is 7.89. The highest BCUT2D eigenvalue weighted by Gasteiger charge is 2.10. The number of ether oxygens (including phenoxy) is 2. The summed E-state index contributed by atoms with van der Waals surface area (Å²) in [5, 5.41) is 6.77. The van der Waals surface area contributed by atoms with Gasteiger partial charge in [-0.05, 0) is 43.0 Å². The molecule has 6 nitrogen and oxygen atoms in total. The summed E-state index contributed by atoms with van der Waals surface area (Å²) in [6.45, 7) is 11.2. The van der Waals surface area contributed by atoms with Gasteiger partial charge in [-0.25, -0.2) is 4.99 Å². The van der Waals surface area contributed by atoms with Gasteiger partial charge in [-0.1, -0.05) is 42.0 Å². The Morgan fingerprint density at radius 2 is 1.81 bits per heavy atom. The van der Waals surface area contributed by atoms with Crippen LogP contribution in [0.4, 0.5) is 0 Å². The van der Waals surface area contributed by atoms with E-state index in [9.17, 15) is 0 Å². The Hall–Kier alpha value is -2.57. The van der Waals surface area contributed by atoms with E-state index in [0.29, 0.717) is 6.54 Å². The van der Waals surface area contributed by atoms with Crippen molar-refractivity contribution in [2.24, 2.45) is 4.99 Å². The zero-order valence-corrected chi connectivity index (χ0v) is 19.1. The number of benzene rings is 2. The molecule has 0 atom stereocenters. The molecule has 0 spiro atoms. The summed E-state index contributed by atoms with van der Waals surface area (Å²) in [6.07, 6.45) is 0.880. The van der Waals surface area contributed by atoms with E-state index in [1.54, 1.807) is 7.11 Å². The first-order chi connectivity index (χ1) is 15.2. The molecule has 1 fully saturated rings. The van der Waals surface area contributed by atoms with Crippen molar-refractivity contribution >= 4 is 5.96 Å². The van der Waals surface area contributed by atoms with Crippen LogP contribution in [0.25, 0.3) is 0 Å². The van der Waals surface area contributed by atoms with Crippen molar-refractivity contribution < 1.29 is 9.47 Å². The van der Waals surface area contributed by atoms with Crippen LogP contribution in [0.15, 0.2) is 47.5 Å². The summed E-state index contributed by atoms with van der Waals surface area (Å²) < 4.78 is 10.9. The van der Waals surface area contributed by atoms with E-state index in [2.05, 4.69) is 65.8 Å². The number of nitrogens with zero attached hydrogens (tertiary/aromatic N) is 2. The molecule has 6 heteroatoms.